The molecule has 2 aromatic heterocycles. The normalized spacial score (nSPS) is 10.8. The molecular weight excluding hydrogens is 216 g/mol. The first-order chi connectivity index (χ1) is 8.34. The monoisotopic (exact) mass is 226 g/mol. The zero-order chi connectivity index (χ0) is 11.7. The number of para-hydroxylation sites is 1. The summed E-state index contributed by atoms with van der Waals surface area (Å²) in [5, 5.41) is 17.8. The third-order valence-corrected chi connectivity index (χ3v) is 2.63. The van der Waals surface area contributed by atoms with Crippen molar-refractivity contribution in [1.82, 2.24) is 20.0 Å². The number of nitrogens with zero attached hydrogens (tertiary/aromatic N) is 4. The summed E-state index contributed by atoms with van der Waals surface area (Å²) >= 11 is 0. The average molecular weight is 226 g/mol. The smallest absolute Gasteiger partial charge is 0.131 e. The molecule has 0 saturated carbocycles. The molecule has 3 aromatic rings. The van der Waals surface area contributed by atoms with Gasteiger partial charge in [-0.05, 0) is 12.1 Å². The first kappa shape index (κ1) is 9.77. The lowest BCUT2D eigenvalue weighted by atomic mass is 10.2. The molecule has 1 aromatic carbocycles. The molecular formula is C12H10N4O. The van der Waals surface area contributed by atoms with Crippen LogP contribution in [-0.4, -0.2) is 25.1 Å². The van der Waals surface area contributed by atoms with E-state index in [1.165, 1.54) is 0 Å². The Morgan fingerprint density at radius 3 is 2.94 bits per heavy atom. The highest BCUT2D eigenvalue weighted by Crippen LogP contribution is 2.18. The SMILES string of the molecule is Oc1ccccc1Cn1nnc2cnccc21. The van der Waals surface area contributed by atoms with Gasteiger partial charge in [0.1, 0.15) is 11.3 Å². The van der Waals surface area contributed by atoms with Crippen molar-refractivity contribution < 1.29 is 5.11 Å². The molecule has 84 valence electrons. The van der Waals surface area contributed by atoms with E-state index in [0.717, 1.165) is 16.6 Å². The summed E-state index contributed by atoms with van der Waals surface area (Å²) < 4.78 is 1.74. The number of aromatic hydroxyl groups is 1. The van der Waals surface area contributed by atoms with Crippen LogP contribution in [0.2, 0.25) is 0 Å². The van der Waals surface area contributed by atoms with E-state index in [1.807, 2.05) is 18.2 Å². The van der Waals surface area contributed by atoms with Gasteiger partial charge in [0.05, 0.1) is 18.3 Å². The zero-order valence-electron chi connectivity index (χ0n) is 8.98. The van der Waals surface area contributed by atoms with Gasteiger partial charge in [0.25, 0.3) is 0 Å². The average Bonchev–Trinajstić information content (AvgIpc) is 2.76. The Balaban J connectivity index is 2.03. The Labute approximate surface area is 97.3 Å². The van der Waals surface area contributed by atoms with Crippen LogP contribution in [0.5, 0.6) is 5.75 Å². The quantitative estimate of drug-likeness (QED) is 0.720. The number of benzene rings is 1. The van der Waals surface area contributed by atoms with Gasteiger partial charge >= 0.3 is 0 Å². The summed E-state index contributed by atoms with van der Waals surface area (Å²) in [4.78, 5) is 3.99. The second-order valence-electron chi connectivity index (χ2n) is 3.74. The Bertz CT molecular complexity index is 662. The summed E-state index contributed by atoms with van der Waals surface area (Å²) in [6, 6.07) is 9.06. The van der Waals surface area contributed by atoms with Crippen molar-refractivity contribution in [2.75, 3.05) is 0 Å². The highest BCUT2D eigenvalue weighted by molar-refractivity contribution is 5.72. The largest absolute Gasteiger partial charge is 0.508 e. The Morgan fingerprint density at radius 1 is 1.18 bits per heavy atom. The van der Waals surface area contributed by atoms with E-state index in [-0.39, 0.29) is 5.75 Å². The molecule has 0 aliphatic rings. The molecule has 0 spiro atoms. The molecule has 2 heterocycles. The molecule has 0 unspecified atom stereocenters. The number of hydrogen-bond acceptors (Lipinski definition) is 4. The first-order valence-electron chi connectivity index (χ1n) is 5.25. The molecule has 0 fully saturated rings. The van der Waals surface area contributed by atoms with Crippen molar-refractivity contribution in [2.24, 2.45) is 0 Å². The molecule has 5 nitrogen and oxygen atoms in total. The topological polar surface area (TPSA) is 63.8 Å². The van der Waals surface area contributed by atoms with Crippen molar-refractivity contribution >= 4 is 11.0 Å². The predicted molar refractivity (Wildman–Crippen MR) is 62.5 cm³/mol. The van der Waals surface area contributed by atoms with Crippen molar-refractivity contribution in [3.05, 3.63) is 48.3 Å². The number of phenols is 1. The Morgan fingerprint density at radius 2 is 2.06 bits per heavy atom. The second-order valence-corrected chi connectivity index (χ2v) is 3.74. The van der Waals surface area contributed by atoms with Gasteiger partial charge in [0.15, 0.2) is 0 Å². The van der Waals surface area contributed by atoms with Gasteiger partial charge in [0, 0.05) is 11.8 Å². The van der Waals surface area contributed by atoms with Crippen LogP contribution in [0.15, 0.2) is 42.7 Å². The van der Waals surface area contributed by atoms with E-state index in [1.54, 1.807) is 29.2 Å². The molecule has 0 atom stereocenters. The summed E-state index contributed by atoms with van der Waals surface area (Å²) in [6.45, 7) is 0.493. The van der Waals surface area contributed by atoms with E-state index in [4.69, 9.17) is 0 Å². The minimum absolute atomic E-state index is 0.269. The summed E-state index contributed by atoms with van der Waals surface area (Å²) in [7, 11) is 0. The maximum atomic E-state index is 9.71. The van der Waals surface area contributed by atoms with Crippen molar-refractivity contribution in [2.45, 2.75) is 6.54 Å². The maximum Gasteiger partial charge on any atom is 0.131 e. The summed E-state index contributed by atoms with van der Waals surface area (Å²) in [6.07, 6.45) is 3.37. The molecule has 3 rings (SSSR count). The van der Waals surface area contributed by atoms with E-state index in [9.17, 15) is 5.11 Å². The molecule has 0 radical (unpaired) electrons. The van der Waals surface area contributed by atoms with Gasteiger partial charge in [-0.2, -0.15) is 0 Å². The standard InChI is InChI=1S/C12H10N4O/c17-12-4-2-1-3-9(12)8-16-11-5-6-13-7-10(11)14-15-16/h1-7,17H,8H2. The molecule has 0 aliphatic heterocycles. The van der Waals surface area contributed by atoms with E-state index >= 15 is 0 Å². The van der Waals surface area contributed by atoms with Crippen LogP contribution < -0.4 is 0 Å². The number of aromatic nitrogens is 4. The Kier molecular flexibility index (Phi) is 2.22. The molecule has 5 heteroatoms. The highest BCUT2D eigenvalue weighted by Gasteiger charge is 2.06. The lowest BCUT2D eigenvalue weighted by Gasteiger charge is -2.04. The molecule has 0 amide bonds. The molecule has 0 aliphatic carbocycles. The number of phenolic OH excluding ortho intramolecular Hbond substituents is 1. The number of pyridine rings is 1. The third-order valence-electron chi connectivity index (χ3n) is 2.63. The molecule has 1 N–H and O–H groups in total. The van der Waals surface area contributed by atoms with E-state index < -0.39 is 0 Å². The zero-order valence-corrected chi connectivity index (χ0v) is 8.98. The van der Waals surface area contributed by atoms with Crippen LogP contribution in [-0.2, 0) is 6.54 Å². The summed E-state index contributed by atoms with van der Waals surface area (Å²) in [5.74, 6) is 0.269. The van der Waals surface area contributed by atoms with Crippen LogP contribution in [0.4, 0.5) is 0 Å². The van der Waals surface area contributed by atoms with Crippen LogP contribution in [0.3, 0.4) is 0 Å². The van der Waals surface area contributed by atoms with E-state index in [2.05, 4.69) is 15.3 Å². The Hall–Kier alpha value is -2.43. The first-order valence-corrected chi connectivity index (χ1v) is 5.25. The van der Waals surface area contributed by atoms with Gasteiger partial charge in [0.2, 0.25) is 0 Å². The number of rotatable bonds is 2. The molecule has 17 heavy (non-hydrogen) atoms. The van der Waals surface area contributed by atoms with Crippen LogP contribution in [0.25, 0.3) is 11.0 Å². The van der Waals surface area contributed by atoms with Gasteiger partial charge in [-0.15, -0.1) is 5.10 Å². The lowest BCUT2D eigenvalue weighted by Crippen LogP contribution is -2.01. The minimum atomic E-state index is 0.269. The van der Waals surface area contributed by atoms with Crippen molar-refractivity contribution in [3.8, 4) is 5.75 Å². The van der Waals surface area contributed by atoms with Crippen LogP contribution in [0, 0.1) is 0 Å². The fourth-order valence-corrected chi connectivity index (χ4v) is 1.75. The minimum Gasteiger partial charge on any atom is -0.508 e. The van der Waals surface area contributed by atoms with Gasteiger partial charge in [-0.1, -0.05) is 23.4 Å². The fraction of sp³-hybridized carbons (Fsp3) is 0.0833. The van der Waals surface area contributed by atoms with Gasteiger partial charge in [-0.3, -0.25) is 4.98 Å². The molecule has 0 saturated heterocycles. The van der Waals surface area contributed by atoms with E-state index in [0.29, 0.717) is 6.54 Å². The third kappa shape index (κ3) is 1.71. The van der Waals surface area contributed by atoms with Crippen LogP contribution >= 0.6 is 0 Å². The predicted octanol–water partition coefficient (Wildman–Crippen LogP) is 1.58. The lowest BCUT2D eigenvalue weighted by molar-refractivity contribution is 0.464. The van der Waals surface area contributed by atoms with Gasteiger partial charge < -0.3 is 5.11 Å². The maximum absolute atomic E-state index is 9.71. The summed E-state index contributed by atoms with van der Waals surface area (Å²) in [5.41, 5.74) is 2.47. The number of fused-ring (bicyclic) bond motifs is 1. The van der Waals surface area contributed by atoms with Gasteiger partial charge in [-0.25, -0.2) is 4.68 Å². The van der Waals surface area contributed by atoms with Crippen LogP contribution in [0.1, 0.15) is 5.56 Å². The fourth-order valence-electron chi connectivity index (χ4n) is 1.75. The van der Waals surface area contributed by atoms with Crippen molar-refractivity contribution in [3.63, 3.8) is 0 Å². The molecule has 0 bridgehead atoms. The van der Waals surface area contributed by atoms with Crippen molar-refractivity contribution in [1.29, 1.82) is 0 Å². The highest BCUT2D eigenvalue weighted by atomic mass is 16.3. The number of hydrogen-bond donors (Lipinski definition) is 1. The second kappa shape index (κ2) is 3.86.